The molecule has 0 atom stereocenters. The lowest BCUT2D eigenvalue weighted by atomic mass is 10.2. The summed E-state index contributed by atoms with van der Waals surface area (Å²) in [4.78, 5) is 0. The van der Waals surface area contributed by atoms with Gasteiger partial charge in [-0.2, -0.15) is 5.10 Å². The maximum absolute atomic E-state index is 4.33. The summed E-state index contributed by atoms with van der Waals surface area (Å²) in [7, 11) is 1.96. The van der Waals surface area contributed by atoms with Crippen molar-refractivity contribution in [3.8, 4) is 0 Å². The van der Waals surface area contributed by atoms with Crippen molar-refractivity contribution >= 4 is 0 Å². The second-order valence-corrected chi connectivity index (χ2v) is 3.81. The van der Waals surface area contributed by atoms with Crippen molar-refractivity contribution in [3.05, 3.63) is 18.0 Å². The van der Waals surface area contributed by atoms with E-state index in [9.17, 15) is 0 Å². The summed E-state index contributed by atoms with van der Waals surface area (Å²) in [5, 5.41) is 7.83. The van der Waals surface area contributed by atoms with Crippen LogP contribution in [0, 0.1) is 0 Å². The van der Waals surface area contributed by atoms with Gasteiger partial charge in [0.15, 0.2) is 0 Å². The quantitative estimate of drug-likeness (QED) is 0.686. The molecular weight excluding hydrogens is 162 g/mol. The second-order valence-electron chi connectivity index (χ2n) is 3.81. The van der Waals surface area contributed by atoms with E-state index in [-0.39, 0.29) is 0 Å². The van der Waals surface area contributed by atoms with Gasteiger partial charge in [0.1, 0.15) is 0 Å². The Morgan fingerprint density at radius 2 is 2.46 bits per heavy atom. The van der Waals surface area contributed by atoms with Crippen LogP contribution in [-0.2, 0) is 13.5 Å². The van der Waals surface area contributed by atoms with Gasteiger partial charge in [-0.1, -0.05) is 0 Å². The molecule has 1 aliphatic rings. The number of hydrogen-bond donors (Lipinski definition) is 1. The molecule has 0 aliphatic heterocycles. The standard InChI is InChI=1S/C10H17N3/c1-13-8-6-10(12-13)3-2-7-11-9-4-5-9/h6,8-9,11H,2-5,7H2,1H3. The predicted molar refractivity (Wildman–Crippen MR) is 52.6 cm³/mol. The lowest BCUT2D eigenvalue weighted by Crippen LogP contribution is -2.17. The van der Waals surface area contributed by atoms with Gasteiger partial charge in [-0.3, -0.25) is 4.68 Å². The molecule has 1 aromatic heterocycles. The smallest absolute Gasteiger partial charge is 0.0624 e. The fourth-order valence-corrected chi connectivity index (χ4v) is 1.46. The molecular formula is C10H17N3. The number of aromatic nitrogens is 2. The molecule has 13 heavy (non-hydrogen) atoms. The third-order valence-corrected chi connectivity index (χ3v) is 2.39. The van der Waals surface area contributed by atoms with Gasteiger partial charge in [-0.15, -0.1) is 0 Å². The Hall–Kier alpha value is -0.830. The van der Waals surface area contributed by atoms with Crippen LogP contribution < -0.4 is 5.32 Å². The zero-order valence-corrected chi connectivity index (χ0v) is 8.16. The van der Waals surface area contributed by atoms with Crippen LogP contribution in [0.15, 0.2) is 12.3 Å². The Labute approximate surface area is 79.1 Å². The van der Waals surface area contributed by atoms with E-state index >= 15 is 0 Å². The highest BCUT2D eigenvalue weighted by atomic mass is 15.2. The first-order chi connectivity index (χ1) is 6.34. The number of rotatable bonds is 5. The van der Waals surface area contributed by atoms with Crippen molar-refractivity contribution in [1.29, 1.82) is 0 Å². The molecule has 0 aromatic carbocycles. The topological polar surface area (TPSA) is 29.9 Å². The molecule has 0 unspecified atom stereocenters. The molecule has 0 bridgehead atoms. The fraction of sp³-hybridized carbons (Fsp3) is 0.700. The molecule has 3 heteroatoms. The van der Waals surface area contributed by atoms with E-state index in [1.54, 1.807) is 0 Å². The van der Waals surface area contributed by atoms with E-state index in [1.165, 1.54) is 25.0 Å². The van der Waals surface area contributed by atoms with E-state index in [1.807, 2.05) is 17.9 Å². The predicted octanol–water partition coefficient (Wildman–Crippen LogP) is 1.10. The minimum absolute atomic E-state index is 0.837. The number of aryl methyl sites for hydroxylation is 2. The number of nitrogens with zero attached hydrogens (tertiary/aromatic N) is 2. The molecule has 1 N–H and O–H groups in total. The maximum Gasteiger partial charge on any atom is 0.0624 e. The number of hydrogen-bond acceptors (Lipinski definition) is 2. The van der Waals surface area contributed by atoms with Crippen molar-refractivity contribution in [3.63, 3.8) is 0 Å². The lowest BCUT2D eigenvalue weighted by molar-refractivity contribution is 0.634. The highest BCUT2D eigenvalue weighted by molar-refractivity contribution is 4.98. The van der Waals surface area contributed by atoms with Gasteiger partial charge < -0.3 is 5.32 Å². The summed E-state index contributed by atoms with van der Waals surface area (Å²) in [6.07, 6.45) is 7.06. The summed E-state index contributed by atoms with van der Waals surface area (Å²) in [6, 6.07) is 2.93. The first-order valence-electron chi connectivity index (χ1n) is 5.06. The Bertz CT molecular complexity index is 263. The van der Waals surface area contributed by atoms with Crippen LogP contribution in [-0.4, -0.2) is 22.4 Å². The zero-order chi connectivity index (χ0) is 9.10. The lowest BCUT2D eigenvalue weighted by Gasteiger charge is -1.99. The average Bonchev–Trinajstić information content (AvgIpc) is 2.84. The van der Waals surface area contributed by atoms with Crippen molar-refractivity contribution in [2.24, 2.45) is 7.05 Å². The minimum atomic E-state index is 0.837. The first-order valence-corrected chi connectivity index (χ1v) is 5.06. The van der Waals surface area contributed by atoms with Crippen LogP contribution in [0.1, 0.15) is 25.0 Å². The monoisotopic (exact) mass is 179 g/mol. The molecule has 1 aromatic rings. The number of nitrogens with one attached hydrogen (secondary N) is 1. The van der Waals surface area contributed by atoms with Crippen molar-refractivity contribution in [2.45, 2.75) is 31.7 Å². The molecule has 1 saturated carbocycles. The first kappa shape index (κ1) is 8.75. The molecule has 0 amide bonds. The summed E-state index contributed by atoms with van der Waals surface area (Å²) in [5.74, 6) is 0. The van der Waals surface area contributed by atoms with Gasteiger partial charge in [0.2, 0.25) is 0 Å². The van der Waals surface area contributed by atoms with Crippen molar-refractivity contribution in [1.82, 2.24) is 15.1 Å². The third kappa shape index (κ3) is 2.84. The van der Waals surface area contributed by atoms with Crippen LogP contribution in [0.2, 0.25) is 0 Å². The van der Waals surface area contributed by atoms with Gasteiger partial charge in [0.25, 0.3) is 0 Å². The average molecular weight is 179 g/mol. The molecule has 1 fully saturated rings. The Balaban J connectivity index is 1.61. The molecule has 0 spiro atoms. The zero-order valence-electron chi connectivity index (χ0n) is 8.16. The molecule has 2 rings (SSSR count). The summed E-state index contributed by atoms with van der Waals surface area (Å²) >= 11 is 0. The van der Waals surface area contributed by atoms with Crippen LogP contribution in [0.25, 0.3) is 0 Å². The molecule has 3 nitrogen and oxygen atoms in total. The van der Waals surface area contributed by atoms with Gasteiger partial charge in [-0.25, -0.2) is 0 Å². The van der Waals surface area contributed by atoms with Crippen LogP contribution in [0.3, 0.4) is 0 Å². The molecule has 1 heterocycles. The SMILES string of the molecule is Cn1ccc(CCCNC2CC2)n1. The van der Waals surface area contributed by atoms with Crippen LogP contribution in [0.4, 0.5) is 0 Å². The Kier molecular flexibility index (Phi) is 2.64. The Morgan fingerprint density at radius 1 is 1.62 bits per heavy atom. The van der Waals surface area contributed by atoms with Crippen molar-refractivity contribution in [2.75, 3.05) is 6.54 Å². The van der Waals surface area contributed by atoms with E-state index in [0.717, 1.165) is 19.0 Å². The van der Waals surface area contributed by atoms with Crippen LogP contribution in [0.5, 0.6) is 0 Å². The highest BCUT2D eigenvalue weighted by Crippen LogP contribution is 2.18. The molecule has 0 saturated heterocycles. The molecule has 72 valence electrons. The van der Waals surface area contributed by atoms with E-state index in [2.05, 4.69) is 16.5 Å². The van der Waals surface area contributed by atoms with Crippen LogP contribution >= 0.6 is 0 Å². The fourth-order valence-electron chi connectivity index (χ4n) is 1.46. The van der Waals surface area contributed by atoms with Gasteiger partial charge in [0.05, 0.1) is 5.69 Å². The normalized spacial score (nSPS) is 16.4. The van der Waals surface area contributed by atoms with Gasteiger partial charge in [0, 0.05) is 19.3 Å². The maximum atomic E-state index is 4.33. The summed E-state index contributed by atoms with van der Waals surface area (Å²) in [5.41, 5.74) is 1.21. The largest absolute Gasteiger partial charge is 0.314 e. The highest BCUT2D eigenvalue weighted by Gasteiger charge is 2.19. The van der Waals surface area contributed by atoms with Crippen molar-refractivity contribution < 1.29 is 0 Å². The minimum Gasteiger partial charge on any atom is -0.314 e. The second kappa shape index (κ2) is 3.92. The van der Waals surface area contributed by atoms with Gasteiger partial charge in [-0.05, 0) is 38.3 Å². The van der Waals surface area contributed by atoms with E-state index in [0.29, 0.717) is 0 Å². The Morgan fingerprint density at radius 3 is 3.08 bits per heavy atom. The molecule has 0 radical (unpaired) electrons. The molecule has 1 aliphatic carbocycles. The van der Waals surface area contributed by atoms with Gasteiger partial charge >= 0.3 is 0 Å². The van der Waals surface area contributed by atoms with E-state index < -0.39 is 0 Å². The van der Waals surface area contributed by atoms with E-state index in [4.69, 9.17) is 0 Å². The third-order valence-electron chi connectivity index (χ3n) is 2.39. The summed E-state index contributed by atoms with van der Waals surface area (Å²) in [6.45, 7) is 1.14. The summed E-state index contributed by atoms with van der Waals surface area (Å²) < 4.78 is 1.86.